The summed E-state index contributed by atoms with van der Waals surface area (Å²) in [6, 6.07) is 10.4. The minimum Gasteiger partial charge on any atom is -0.494 e. The molecule has 140 valence electrons. The number of rotatable bonds is 8. The van der Waals surface area contributed by atoms with Crippen molar-refractivity contribution in [1.82, 2.24) is 4.98 Å². The summed E-state index contributed by atoms with van der Waals surface area (Å²) in [5.74, 6) is 0.533. The van der Waals surface area contributed by atoms with Gasteiger partial charge in [0.2, 0.25) is 5.91 Å². The van der Waals surface area contributed by atoms with Gasteiger partial charge in [0, 0.05) is 17.5 Å². The molecule has 3 rings (SSSR count). The number of nitrogens with zero attached hydrogens (tertiary/aromatic N) is 1. The number of thiazole rings is 1. The maximum atomic E-state index is 12.1. The van der Waals surface area contributed by atoms with E-state index < -0.39 is 0 Å². The van der Waals surface area contributed by atoms with Crippen LogP contribution in [0.15, 0.2) is 52.5 Å². The van der Waals surface area contributed by atoms with Crippen molar-refractivity contribution in [2.75, 3.05) is 17.2 Å². The lowest BCUT2D eigenvalue weighted by molar-refractivity contribution is -0.116. The molecule has 1 aromatic carbocycles. The predicted molar refractivity (Wildman–Crippen MR) is 103 cm³/mol. The summed E-state index contributed by atoms with van der Waals surface area (Å²) in [6.07, 6.45) is 2.21. The van der Waals surface area contributed by atoms with E-state index in [-0.39, 0.29) is 17.6 Å². The van der Waals surface area contributed by atoms with Gasteiger partial charge in [-0.3, -0.25) is 14.9 Å². The summed E-state index contributed by atoms with van der Waals surface area (Å²) in [6.45, 7) is 2.52. The van der Waals surface area contributed by atoms with Crippen LogP contribution in [0.2, 0.25) is 0 Å². The fourth-order valence-electron chi connectivity index (χ4n) is 2.31. The first-order valence-electron chi connectivity index (χ1n) is 8.46. The lowest BCUT2D eigenvalue weighted by Crippen LogP contribution is -2.13. The summed E-state index contributed by atoms with van der Waals surface area (Å²) in [5.41, 5.74) is 1.46. The van der Waals surface area contributed by atoms with Gasteiger partial charge in [0.1, 0.15) is 5.75 Å². The van der Waals surface area contributed by atoms with Gasteiger partial charge >= 0.3 is 0 Å². The van der Waals surface area contributed by atoms with Gasteiger partial charge in [-0.25, -0.2) is 4.98 Å². The number of amides is 2. The molecule has 0 fully saturated rings. The van der Waals surface area contributed by atoms with Crippen LogP contribution in [-0.4, -0.2) is 23.4 Å². The summed E-state index contributed by atoms with van der Waals surface area (Å²) in [4.78, 5) is 28.3. The minimum atomic E-state index is -0.353. The zero-order valence-electron chi connectivity index (χ0n) is 14.7. The highest BCUT2D eigenvalue weighted by Crippen LogP contribution is 2.19. The van der Waals surface area contributed by atoms with E-state index in [1.54, 1.807) is 24.3 Å². The largest absolute Gasteiger partial charge is 0.494 e. The van der Waals surface area contributed by atoms with Gasteiger partial charge in [-0.05, 0) is 49.7 Å². The third-order valence-corrected chi connectivity index (χ3v) is 4.38. The summed E-state index contributed by atoms with van der Waals surface area (Å²) < 4.78 is 10.4. The van der Waals surface area contributed by atoms with E-state index >= 15 is 0 Å². The number of ether oxygens (including phenoxy) is 1. The van der Waals surface area contributed by atoms with Crippen molar-refractivity contribution in [3.8, 4) is 5.75 Å². The Morgan fingerprint density at radius 1 is 1.19 bits per heavy atom. The quantitative estimate of drug-likeness (QED) is 0.612. The second kappa shape index (κ2) is 9.00. The number of carbonyl (C=O) groups excluding carboxylic acids is 2. The van der Waals surface area contributed by atoms with Crippen molar-refractivity contribution in [3.63, 3.8) is 0 Å². The van der Waals surface area contributed by atoms with Crippen LogP contribution in [0, 0.1) is 0 Å². The zero-order valence-corrected chi connectivity index (χ0v) is 15.5. The lowest BCUT2D eigenvalue weighted by atomic mass is 10.2. The maximum absolute atomic E-state index is 12.1. The molecule has 7 nitrogen and oxygen atoms in total. The van der Waals surface area contributed by atoms with Gasteiger partial charge in [0.05, 0.1) is 18.6 Å². The summed E-state index contributed by atoms with van der Waals surface area (Å²) in [5, 5.41) is 7.80. The molecular weight excluding hydrogens is 366 g/mol. The molecule has 2 aromatic heterocycles. The number of hydrogen-bond donors (Lipinski definition) is 2. The van der Waals surface area contributed by atoms with Crippen LogP contribution in [0.4, 0.5) is 10.8 Å². The second-order valence-corrected chi connectivity index (χ2v) is 6.44. The predicted octanol–water partition coefficient (Wildman–Crippen LogP) is 3.96. The van der Waals surface area contributed by atoms with E-state index in [0.29, 0.717) is 30.3 Å². The molecule has 0 unspecified atom stereocenters. The molecule has 0 spiro atoms. The Bertz CT molecular complexity index is 888. The number of furan rings is 1. The Balaban J connectivity index is 1.46. The molecule has 0 radical (unpaired) electrons. The van der Waals surface area contributed by atoms with Gasteiger partial charge in [-0.2, -0.15) is 0 Å². The standard InChI is InChI=1S/C19H19N3O4S/c1-2-25-15-8-5-13(6-9-15)20-17(23)10-7-14-12-27-19(21-14)22-18(24)16-4-3-11-26-16/h3-6,8-9,11-12H,2,7,10H2,1H3,(H,20,23)(H,21,22,24). The van der Waals surface area contributed by atoms with Crippen molar-refractivity contribution in [3.05, 3.63) is 59.5 Å². The van der Waals surface area contributed by atoms with Crippen LogP contribution in [0.1, 0.15) is 29.6 Å². The number of benzene rings is 1. The van der Waals surface area contributed by atoms with Gasteiger partial charge in [-0.15, -0.1) is 11.3 Å². The molecule has 0 aliphatic rings. The fourth-order valence-corrected chi connectivity index (χ4v) is 3.05. The first-order chi connectivity index (χ1) is 13.1. The lowest BCUT2D eigenvalue weighted by Gasteiger charge is -2.06. The number of aryl methyl sites for hydroxylation is 1. The van der Waals surface area contributed by atoms with Crippen molar-refractivity contribution in [2.24, 2.45) is 0 Å². The number of carbonyl (C=O) groups is 2. The minimum absolute atomic E-state index is 0.103. The Kier molecular flexibility index (Phi) is 6.22. The van der Waals surface area contributed by atoms with Crippen molar-refractivity contribution < 1.29 is 18.7 Å². The van der Waals surface area contributed by atoms with E-state index in [1.807, 2.05) is 24.4 Å². The molecule has 0 atom stereocenters. The molecule has 0 saturated carbocycles. The van der Waals surface area contributed by atoms with E-state index in [1.165, 1.54) is 17.6 Å². The van der Waals surface area contributed by atoms with Gasteiger partial charge in [0.25, 0.3) is 5.91 Å². The van der Waals surface area contributed by atoms with Crippen LogP contribution in [0.3, 0.4) is 0 Å². The monoisotopic (exact) mass is 385 g/mol. The van der Waals surface area contributed by atoms with Crippen LogP contribution in [0.5, 0.6) is 5.75 Å². The second-order valence-electron chi connectivity index (χ2n) is 5.58. The van der Waals surface area contributed by atoms with E-state index in [4.69, 9.17) is 9.15 Å². The van der Waals surface area contributed by atoms with E-state index in [9.17, 15) is 9.59 Å². The smallest absolute Gasteiger partial charge is 0.293 e. The molecule has 0 aliphatic carbocycles. The summed E-state index contributed by atoms with van der Waals surface area (Å²) in [7, 11) is 0. The number of hydrogen-bond acceptors (Lipinski definition) is 6. The number of aromatic nitrogens is 1. The summed E-state index contributed by atoms with van der Waals surface area (Å²) >= 11 is 1.31. The Labute approximate surface area is 160 Å². The molecule has 2 amide bonds. The Morgan fingerprint density at radius 2 is 2.00 bits per heavy atom. The molecule has 2 N–H and O–H groups in total. The number of anilines is 2. The molecule has 0 aliphatic heterocycles. The maximum Gasteiger partial charge on any atom is 0.293 e. The van der Waals surface area contributed by atoms with Crippen LogP contribution < -0.4 is 15.4 Å². The fraction of sp³-hybridized carbons (Fsp3) is 0.211. The average Bonchev–Trinajstić information content (AvgIpc) is 3.34. The van der Waals surface area contributed by atoms with Crippen molar-refractivity contribution >= 4 is 34.0 Å². The first-order valence-corrected chi connectivity index (χ1v) is 9.34. The molecule has 3 aromatic rings. The van der Waals surface area contributed by atoms with Crippen LogP contribution in [-0.2, 0) is 11.2 Å². The Morgan fingerprint density at radius 3 is 2.70 bits per heavy atom. The highest BCUT2D eigenvalue weighted by Gasteiger charge is 2.12. The first kappa shape index (κ1) is 18.7. The molecule has 8 heteroatoms. The Hall–Kier alpha value is -3.13. The average molecular weight is 385 g/mol. The SMILES string of the molecule is CCOc1ccc(NC(=O)CCc2csc(NC(=O)c3ccco3)n2)cc1. The zero-order chi connectivity index (χ0) is 19.1. The molecule has 0 bridgehead atoms. The van der Waals surface area contributed by atoms with Gasteiger partial charge in [-0.1, -0.05) is 0 Å². The van der Waals surface area contributed by atoms with Crippen LogP contribution >= 0.6 is 11.3 Å². The van der Waals surface area contributed by atoms with Crippen molar-refractivity contribution in [2.45, 2.75) is 19.8 Å². The highest BCUT2D eigenvalue weighted by atomic mass is 32.1. The third-order valence-electron chi connectivity index (χ3n) is 3.57. The normalized spacial score (nSPS) is 10.4. The van der Waals surface area contributed by atoms with Crippen molar-refractivity contribution in [1.29, 1.82) is 0 Å². The number of nitrogens with one attached hydrogen (secondary N) is 2. The third kappa shape index (κ3) is 5.42. The van der Waals surface area contributed by atoms with E-state index in [2.05, 4.69) is 15.6 Å². The molecule has 27 heavy (non-hydrogen) atoms. The molecule has 2 heterocycles. The highest BCUT2D eigenvalue weighted by molar-refractivity contribution is 7.13. The molecule has 0 saturated heterocycles. The molecular formula is C19H19N3O4S. The van der Waals surface area contributed by atoms with Gasteiger partial charge in [0.15, 0.2) is 10.9 Å². The van der Waals surface area contributed by atoms with Gasteiger partial charge < -0.3 is 14.5 Å². The van der Waals surface area contributed by atoms with E-state index in [0.717, 1.165) is 11.4 Å². The topological polar surface area (TPSA) is 93.5 Å². The van der Waals surface area contributed by atoms with Crippen LogP contribution in [0.25, 0.3) is 0 Å².